The Morgan fingerprint density at radius 2 is 2.19 bits per heavy atom. The first-order valence-corrected chi connectivity index (χ1v) is 8.00. The van der Waals surface area contributed by atoms with Crippen LogP contribution in [0, 0.1) is 0 Å². The zero-order valence-corrected chi connectivity index (χ0v) is 11.1. The maximum Gasteiger partial charge on any atom is 0.0329 e. The van der Waals surface area contributed by atoms with E-state index in [1.54, 1.807) is 15.3 Å². The molecule has 0 unspecified atom stereocenters. The summed E-state index contributed by atoms with van der Waals surface area (Å²) in [4.78, 5) is 5.80. The van der Waals surface area contributed by atoms with Crippen molar-refractivity contribution in [3.05, 3.63) is 21.4 Å². The van der Waals surface area contributed by atoms with Crippen LogP contribution in [-0.2, 0) is 18.7 Å². The minimum absolute atomic E-state index is 1.15. The van der Waals surface area contributed by atoms with Gasteiger partial charge in [-0.1, -0.05) is 0 Å². The molecule has 3 rings (SSSR count). The number of piperazine rings is 1. The molecule has 1 aromatic heterocycles. The summed E-state index contributed by atoms with van der Waals surface area (Å²) in [5, 5.41) is 3.41. The Hall–Kier alpha value is -0.0300. The van der Waals surface area contributed by atoms with Gasteiger partial charge in [0.15, 0.2) is 0 Å². The van der Waals surface area contributed by atoms with Gasteiger partial charge in [-0.3, -0.25) is 4.90 Å². The van der Waals surface area contributed by atoms with Gasteiger partial charge < -0.3 is 5.32 Å². The lowest BCUT2D eigenvalue weighted by molar-refractivity contribution is 0.235. The van der Waals surface area contributed by atoms with Crippen molar-refractivity contribution >= 4 is 23.1 Å². The van der Waals surface area contributed by atoms with Gasteiger partial charge in [-0.25, -0.2) is 0 Å². The summed E-state index contributed by atoms with van der Waals surface area (Å²) in [6.07, 6.45) is 1.30. The van der Waals surface area contributed by atoms with Crippen LogP contribution in [0.1, 0.15) is 15.3 Å². The maximum absolute atomic E-state index is 3.41. The smallest absolute Gasteiger partial charge is 0.0329 e. The molecule has 1 aromatic rings. The molecule has 4 heteroatoms. The summed E-state index contributed by atoms with van der Waals surface area (Å²) in [6, 6.07) is 2.45. The molecule has 1 saturated heterocycles. The van der Waals surface area contributed by atoms with E-state index in [1.165, 1.54) is 37.6 Å². The lowest BCUT2D eigenvalue weighted by Gasteiger charge is -2.26. The minimum atomic E-state index is 1.15. The van der Waals surface area contributed by atoms with Crippen LogP contribution in [0.15, 0.2) is 6.07 Å². The largest absolute Gasteiger partial charge is 0.314 e. The zero-order valence-electron chi connectivity index (χ0n) is 9.50. The van der Waals surface area contributed by atoms with Crippen molar-refractivity contribution < 1.29 is 0 Å². The van der Waals surface area contributed by atoms with E-state index in [0.717, 1.165) is 13.1 Å². The third kappa shape index (κ3) is 2.45. The number of nitrogens with one attached hydrogen (secondary N) is 1. The van der Waals surface area contributed by atoms with E-state index in [-0.39, 0.29) is 0 Å². The fourth-order valence-corrected chi connectivity index (χ4v) is 4.80. The van der Waals surface area contributed by atoms with Gasteiger partial charge in [-0.05, 0) is 23.8 Å². The molecule has 0 radical (unpaired) electrons. The second-order valence-corrected chi connectivity index (χ2v) is 6.82. The summed E-state index contributed by atoms with van der Waals surface area (Å²) in [6.45, 7) is 5.89. The van der Waals surface area contributed by atoms with Crippen LogP contribution in [0.25, 0.3) is 0 Å². The molecule has 0 bridgehead atoms. The van der Waals surface area contributed by atoms with Crippen molar-refractivity contribution in [2.24, 2.45) is 0 Å². The van der Waals surface area contributed by atoms with Crippen molar-refractivity contribution in [1.82, 2.24) is 10.2 Å². The average Bonchev–Trinajstić information content (AvgIpc) is 2.72. The first-order valence-electron chi connectivity index (χ1n) is 6.03. The van der Waals surface area contributed by atoms with Gasteiger partial charge in [0, 0.05) is 48.2 Å². The van der Waals surface area contributed by atoms with Gasteiger partial charge >= 0.3 is 0 Å². The molecule has 0 amide bonds. The number of fused-ring (bicyclic) bond motifs is 1. The van der Waals surface area contributed by atoms with E-state index >= 15 is 0 Å². The lowest BCUT2D eigenvalue weighted by Crippen LogP contribution is -2.42. The molecule has 0 atom stereocenters. The summed E-state index contributed by atoms with van der Waals surface area (Å²) < 4.78 is 0. The van der Waals surface area contributed by atoms with E-state index in [9.17, 15) is 0 Å². The number of hydrogen-bond donors (Lipinski definition) is 1. The van der Waals surface area contributed by atoms with Crippen molar-refractivity contribution in [2.75, 3.05) is 31.9 Å². The summed E-state index contributed by atoms with van der Waals surface area (Å²) >= 11 is 4.13. The summed E-state index contributed by atoms with van der Waals surface area (Å²) in [5.74, 6) is 2.56. The Kier molecular flexibility index (Phi) is 3.52. The molecule has 1 fully saturated rings. The average molecular weight is 254 g/mol. The van der Waals surface area contributed by atoms with Crippen molar-refractivity contribution in [2.45, 2.75) is 18.7 Å². The fourth-order valence-electron chi connectivity index (χ4n) is 2.38. The predicted octanol–water partition coefficient (Wildman–Crippen LogP) is 1.94. The third-order valence-electron chi connectivity index (χ3n) is 3.27. The SMILES string of the molecule is c1c(CN2CCNCC2)sc2c1CSCC2. The normalized spacial score (nSPS) is 22.0. The molecule has 3 heterocycles. The van der Waals surface area contributed by atoms with E-state index < -0.39 is 0 Å². The molecule has 88 valence electrons. The van der Waals surface area contributed by atoms with Crippen molar-refractivity contribution in [1.29, 1.82) is 0 Å². The van der Waals surface area contributed by atoms with Crippen LogP contribution in [0.3, 0.4) is 0 Å². The van der Waals surface area contributed by atoms with Crippen molar-refractivity contribution in [3.63, 3.8) is 0 Å². The number of nitrogens with zero attached hydrogens (tertiary/aromatic N) is 1. The molecule has 0 aromatic carbocycles. The summed E-state index contributed by atoms with van der Waals surface area (Å²) in [7, 11) is 0. The molecule has 2 aliphatic rings. The van der Waals surface area contributed by atoms with Crippen LogP contribution in [0.4, 0.5) is 0 Å². The van der Waals surface area contributed by atoms with Gasteiger partial charge in [0.1, 0.15) is 0 Å². The molecule has 0 saturated carbocycles. The molecule has 2 aliphatic heterocycles. The first kappa shape index (κ1) is 11.1. The Bertz CT molecular complexity index is 332. The standard InChI is InChI=1S/C12H18N2S2/c1-6-15-9-10-7-11(16-12(1)10)8-14-4-2-13-3-5-14/h7,13H,1-6,8-9H2. The predicted molar refractivity (Wildman–Crippen MR) is 72.3 cm³/mol. The molecule has 0 spiro atoms. The molecule has 1 N–H and O–H groups in total. The van der Waals surface area contributed by atoms with Crippen molar-refractivity contribution in [3.8, 4) is 0 Å². The molecule has 0 aliphatic carbocycles. The highest BCUT2D eigenvalue weighted by Crippen LogP contribution is 2.32. The lowest BCUT2D eigenvalue weighted by atomic mass is 10.2. The number of thiophene rings is 1. The topological polar surface area (TPSA) is 15.3 Å². The van der Waals surface area contributed by atoms with E-state index in [4.69, 9.17) is 0 Å². The highest BCUT2D eigenvalue weighted by molar-refractivity contribution is 7.98. The van der Waals surface area contributed by atoms with Crippen LogP contribution >= 0.6 is 23.1 Å². The van der Waals surface area contributed by atoms with Crippen LogP contribution in [-0.4, -0.2) is 36.8 Å². The quantitative estimate of drug-likeness (QED) is 0.868. The number of rotatable bonds is 2. The molecule has 2 nitrogen and oxygen atoms in total. The van der Waals surface area contributed by atoms with E-state index in [1.807, 2.05) is 0 Å². The van der Waals surface area contributed by atoms with Gasteiger partial charge in [-0.2, -0.15) is 11.8 Å². The highest BCUT2D eigenvalue weighted by Gasteiger charge is 2.16. The Balaban J connectivity index is 1.67. The maximum atomic E-state index is 3.41. The number of aryl methyl sites for hydroxylation is 1. The van der Waals surface area contributed by atoms with Crippen LogP contribution < -0.4 is 5.32 Å². The van der Waals surface area contributed by atoms with Gasteiger partial charge in [-0.15, -0.1) is 11.3 Å². The number of hydrogen-bond acceptors (Lipinski definition) is 4. The van der Waals surface area contributed by atoms with E-state index in [0.29, 0.717) is 0 Å². The minimum Gasteiger partial charge on any atom is -0.314 e. The second-order valence-electron chi connectivity index (χ2n) is 4.49. The first-order chi connectivity index (χ1) is 7.92. The molecule has 16 heavy (non-hydrogen) atoms. The zero-order chi connectivity index (χ0) is 10.8. The van der Waals surface area contributed by atoms with Gasteiger partial charge in [0.25, 0.3) is 0 Å². The Morgan fingerprint density at radius 3 is 3.00 bits per heavy atom. The van der Waals surface area contributed by atoms with Gasteiger partial charge in [0.05, 0.1) is 0 Å². The Labute approximate surface area is 105 Å². The highest BCUT2D eigenvalue weighted by atomic mass is 32.2. The third-order valence-corrected chi connectivity index (χ3v) is 5.50. The molecular formula is C12H18N2S2. The van der Waals surface area contributed by atoms with Crippen LogP contribution in [0.2, 0.25) is 0 Å². The second kappa shape index (κ2) is 5.08. The van der Waals surface area contributed by atoms with Gasteiger partial charge in [0.2, 0.25) is 0 Å². The molecular weight excluding hydrogens is 236 g/mol. The summed E-state index contributed by atoms with van der Waals surface area (Å²) in [5.41, 5.74) is 1.62. The number of thioether (sulfide) groups is 1. The van der Waals surface area contributed by atoms with Crippen LogP contribution in [0.5, 0.6) is 0 Å². The monoisotopic (exact) mass is 254 g/mol. The Morgan fingerprint density at radius 1 is 1.31 bits per heavy atom. The fraction of sp³-hybridized carbons (Fsp3) is 0.667. The van der Waals surface area contributed by atoms with E-state index in [2.05, 4.69) is 39.4 Å².